The minimum absolute atomic E-state index is 0.0618. The SMILES string of the molecule is Cc1ccc(NC(CO)c2cncn2C2CC2)cc1. The fraction of sp³-hybridized carbons (Fsp3) is 0.400. The van der Waals surface area contributed by atoms with Gasteiger partial charge in [0.05, 0.1) is 30.9 Å². The number of aliphatic hydroxyl groups excluding tert-OH is 1. The molecule has 0 spiro atoms. The maximum Gasteiger partial charge on any atom is 0.0951 e. The Kier molecular flexibility index (Phi) is 3.25. The lowest BCUT2D eigenvalue weighted by Gasteiger charge is -2.19. The Bertz CT molecular complexity index is 543. The summed E-state index contributed by atoms with van der Waals surface area (Å²) in [6.07, 6.45) is 6.14. The minimum atomic E-state index is -0.106. The summed E-state index contributed by atoms with van der Waals surface area (Å²) in [4.78, 5) is 4.22. The highest BCUT2D eigenvalue weighted by molar-refractivity contribution is 5.46. The maximum atomic E-state index is 9.64. The van der Waals surface area contributed by atoms with Gasteiger partial charge < -0.3 is 15.0 Å². The molecule has 1 atom stereocenters. The van der Waals surface area contributed by atoms with E-state index in [4.69, 9.17) is 0 Å². The molecular formula is C15H19N3O. The highest BCUT2D eigenvalue weighted by atomic mass is 16.3. The number of imidazole rings is 1. The van der Waals surface area contributed by atoms with Gasteiger partial charge in [-0.3, -0.25) is 0 Å². The number of aryl methyl sites for hydroxylation is 1. The largest absolute Gasteiger partial charge is 0.394 e. The molecule has 1 aliphatic carbocycles. The van der Waals surface area contributed by atoms with Gasteiger partial charge >= 0.3 is 0 Å². The van der Waals surface area contributed by atoms with Crippen LogP contribution in [0.3, 0.4) is 0 Å². The van der Waals surface area contributed by atoms with Crippen molar-refractivity contribution < 1.29 is 5.11 Å². The third kappa shape index (κ3) is 2.63. The van der Waals surface area contributed by atoms with Crippen molar-refractivity contribution >= 4 is 5.69 Å². The molecule has 4 nitrogen and oxygen atoms in total. The second-order valence-corrected chi connectivity index (χ2v) is 5.20. The predicted molar refractivity (Wildman–Crippen MR) is 75.1 cm³/mol. The first-order valence-electron chi connectivity index (χ1n) is 6.73. The summed E-state index contributed by atoms with van der Waals surface area (Å²) in [6, 6.07) is 8.67. The summed E-state index contributed by atoms with van der Waals surface area (Å²) in [5.41, 5.74) is 3.31. The molecule has 1 heterocycles. The summed E-state index contributed by atoms with van der Waals surface area (Å²) in [5.74, 6) is 0. The van der Waals surface area contributed by atoms with Gasteiger partial charge in [0.2, 0.25) is 0 Å². The van der Waals surface area contributed by atoms with Crippen LogP contribution in [0.25, 0.3) is 0 Å². The van der Waals surface area contributed by atoms with Crippen LogP contribution in [-0.2, 0) is 0 Å². The molecule has 1 saturated carbocycles. The third-order valence-electron chi connectivity index (χ3n) is 3.57. The normalized spacial score (nSPS) is 16.3. The Hall–Kier alpha value is -1.81. The number of hydrogen-bond acceptors (Lipinski definition) is 3. The van der Waals surface area contributed by atoms with Gasteiger partial charge in [0.25, 0.3) is 0 Å². The lowest BCUT2D eigenvalue weighted by molar-refractivity contribution is 0.272. The van der Waals surface area contributed by atoms with E-state index < -0.39 is 0 Å². The van der Waals surface area contributed by atoms with E-state index >= 15 is 0 Å². The van der Waals surface area contributed by atoms with Crippen LogP contribution in [0.15, 0.2) is 36.8 Å². The predicted octanol–water partition coefficient (Wildman–Crippen LogP) is 2.67. The number of aromatic nitrogens is 2. The third-order valence-corrected chi connectivity index (χ3v) is 3.57. The van der Waals surface area contributed by atoms with Crippen molar-refractivity contribution in [2.75, 3.05) is 11.9 Å². The van der Waals surface area contributed by atoms with E-state index in [1.54, 1.807) is 0 Å². The van der Waals surface area contributed by atoms with E-state index in [1.807, 2.05) is 24.7 Å². The van der Waals surface area contributed by atoms with Gasteiger partial charge in [-0.05, 0) is 31.9 Å². The van der Waals surface area contributed by atoms with Crippen LogP contribution in [-0.4, -0.2) is 21.3 Å². The fourth-order valence-electron chi connectivity index (χ4n) is 2.31. The minimum Gasteiger partial charge on any atom is -0.394 e. The van der Waals surface area contributed by atoms with Gasteiger partial charge in [0.1, 0.15) is 0 Å². The Morgan fingerprint density at radius 1 is 1.37 bits per heavy atom. The van der Waals surface area contributed by atoms with E-state index in [0.717, 1.165) is 11.4 Å². The number of hydrogen-bond donors (Lipinski definition) is 2. The van der Waals surface area contributed by atoms with E-state index in [1.165, 1.54) is 18.4 Å². The molecule has 3 rings (SSSR count). The molecule has 1 aromatic heterocycles. The van der Waals surface area contributed by atoms with Gasteiger partial charge in [-0.2, -0.15) is 0 Å². The first-order valence-corrected chi connectivity index (χ1v) is 6.73. The zero-order chi connectivity index (χ0) is 13.2. The Labute approximate surface area is 113 Å². The molecule has 0 radical (unpaired) electrons. The summed E-state index contributed by atoms with van der Waals surface area (Å²) in [6.45, 7) is 2.13. The smallest absolute Gasteiger partial charge is 0.0951 e. The van der Waals surface area contributed by atoms with Crippen LogP contribution >= 0.6 is 0 Å². The summed E-state index contributed by atoms with van der Waals surface area (Å²) in [5, 5.41) is 13.0. The Balaban J connectivity index is 1.80. The van der Waals surface area contributed by atoms with Gasteiger partial charge in [-0.25, -0.2) is 4.98 Å². The van der Waals surface area contributed by atoms with Crippen molar-refractivity contribution in [1.82, 2.24) is 9.55 Å². The Morgan fingerprint density at radius 2 is 2.11 bits per heavy atom. The first-order chi connectivity index (χ1) is 9.28. The molecule has 0 saturated heterocycles. The standard InChI is InChI=1S/C15H19N3O/c1-11-2-4-12(5-3-11)17-14(9-19)15-8-16-10-18(15)13-6-7-13/h2-5,8,10,13-14,17,19H,6-7,9H2,1H3. The number of nitrogens with one attached hydrogen (secondary N) is 1. The van der Waals surface area contributed by atoms with E-state index in [9.17, 15) is 5.11 Å². The number of nitrogens with zero attached hydrogens (tertiary/aromatic N) is 2. The monoisotopic (exact) mass is 257 g/mol. The zero-order valence-electron chi connectivity index (χ0n) is 11.1. The maximum absolute atomic E-state index is 9.64. The quantitative estimate of drug-likeness (QED) is 0.865. The van der Waals surface area contributed by atoms with Crippen molar-refractivity contribution in [2.45, 2.75) is 31.8 Å². The first kappa shape index (κ1) is 12.2. The van der Waals surface area contributed by atoms with Crippen LogP contribution < -0.4 is 5.32 Å². The topological polar surface area (TPSA) is 50.1 Å². The fourth-order valence-corrected chi connectivity index (χ4v) is 2.31. The van der Waals surface area contributed by atoms with E-state index in [-0.39, 0.29) is 12.6 Å². The van der Waals surface area contributed by atoms with Crippen LogP contribution in [0.5, 0.6) is 0 Å². The van der Waals surface area contributed by atoms with E-state index in [2.05, 4.69) is 33.9 Å². The van der Waals surface area contributed by atoms with E-state index in [0.29, 0.717) is 6.04 Å². The molecule has 100 valence electrons. The van der Waals surface area contributed by atoms with Gasteiger partial charge in [0.15, 0.2) is 0 Å². The molecule has 0 bridgehead atoms. The van der Waals surface area contributed by atoms with Crippen molar-refractivity contribution in [3.8, 4) is 0 Å². The number of anilines is 1. The molecule has 4 heteroatoms. The molecule has 0 aliphatic heterocycles. The van der Waals surface area contributed by atoms with Crippen molar-refractivity contribution in [1.29, 1.82) is 0 Å². The summed E-state index contributed by atoms with van der Waals surface area (Å²) in [7, 11) is 0. The van der Waals surface area contributed by atoms with Crippen molar-refractivity contribution in [3.05, 3.63) is 48.0 Å². The van der Waals surface area contributed by atoms with Gasteiger partial charge in [-0.15, -0.1) is 0 Å². The molecule has 2 N–H and O–H groups in total. The van der Waals surface area contributed by atoms with Crippen molar-refractivity contribution in [2.24, 2.45) is 0 Å². The van der Waals surface area contributed by atoms with Crippen LogP contribution in [0.4, 0.5) is 5.69 Å². The molecule has 1 fully saturated rings. The second-order valence-electron chi connectivity index (χ2n) is 5.20. The number of rotatable bonds is 5. The van der Waals surface area contributed by atoms with Gasteiger partial charge in [-0.1, -0.05) is 17.7 Å². The lowest BCUT2D eigenvalue weighted by Crippen LogP contribution is -2.18. The summed E-state index contributed by atoms with van der Waals surface area (Å²) < 4.78 is 2.18. The molecule has 1 aromatic carbocycles. The highest BCUT2D eigenvalue weighted by Gasteiger charge is 2.27. The van der Waals surface area contributed by atoms with Crippen LogP contribution in [0.1, 0.15) is 36.2 Å². The van der Waals surface area contributed by atoms with Crippen molar-refractivity contribution in [3.63, 3.8) is 0 Å². The van der Waals surface area contributed by atoms with Gasteiger partial charge in [0, 0.05) is 11.7 Å². The summed E-state index contributed by atoms with van der Waals surface area (Å²) >= 11 is 0. The lowest BCUT2D eigenvalue weighted by atomic mass is 10.2. The average molecular weight is 257 g/mol. The highest BCUT2D eigenvalue weighted by Crippen LogP contribution is 2.37. The molecule has 2 aromatic rings. The average Bonchev–Trinajstić information content (AvgIpc) is 3.16. The number of benzene rings is 1. The Morgan fingerprint density at radius 3 is 2.74 bits per heavy atom. The zero-order valence-corrected chi connectivity index (χ0v) is 11.1. The molecule has 1 unspecified atom stereocenters. The second kappa shape index (κ2) is 5.05. The molecule has 19 heavy (non-hydrogen) atoms. The van der Waals surface area contributed by atoms with Crippen LogP contribution in [0.2, 0.25) is 0 Å². The molecule has 0 amide bonds. The number of aliphatic hydroxyl groups is 1. The molecule has 1 aliphatic rings. The van der Waals surface area contributed by atoms with Crippen LogP contribution in [0, 0.1) is 6.92 Å². The molecular weight excluding hydrogens is 238 g/mol.